The van der Waals surface area contributed by atoms with E-state index in [0.29, 0.717) is 5.92 Å². The summed E-state index contributed by atoms with van der Waals surface area (Å²) in [6.07, 6.45) is 5.58. The summed E-state index contributed by atoms with van der Waals surface area (Å²) in [5.74, 6) is 0.649. The number of likely N-dealkylation sites (N-methyl/N-ethyl adjacent to an activating group) is 1. The van der Waals surface area contributed by atoms with Gasteiger partial charge in [0.2, 0.25) is 0 Å². The standard InChI is InChI=1S/C13H23N3S/c1-3-16-6-4-5-11(9-16)13-15-8-12(17-13)7-10(2)14/h8,10-11H,3-7,9,14H2,1-2H3. The number of nitrogens with two attached hydrogens (primary N) is 1. The molecule has 0 spiro atoms. The first kappa shape index (κ1) is 13.0. The number of nitrogens with zero attached hydrogens (tertiary/aromatic N) is 2. The van der Waals surface area contributed by atoms with Gasteiger partial charge in [-0.2, -0.15) is 0 Å². The molecule has 0 aliphatic carbocycles. The lowest BCUT2D eigenvalue weighted by atomic mass is 9.99. The van der Waals surface area contributed by atoms with Crippen molar-refractivity contribution in [1.29, 1.82) is 0 Å². The molecule has 1 saturated heterocycles. The number of hydrogen-bond acceptors (Lipinski definition) is 4. The van der Waals surface area contributed by atoms with Gasteiger partial charge in [-0.15, -0.1) is 11.3 Å². The largest absolute Gasteiger partial charge is 0.328 e. The van der Waals surface area contributed by atoms with Gasteiger partial charge in [0.1, 0.15) is 0 Å². The van der Waals surface area contributed by atoms with Gasteiger partial charge in [-0.25, -0.2) is 4.98 Å². The molecule has 3 nitrogen and oxygen atoms in total. The molecule has 1 aromatic heterocycles. The van der Waals surface area contributed by atoms with E-state index >= 15 is 0 Å². The van der Waals surface area contributed by atoms with E-state index in [-0.39, 0.29) is 6.04 Å². The lowest BCUT2D eigenvalue weighted by molar-refractivity contribution is 0.218. The van der Waals surface area contributed by atoms with Crippen LogP contribution in [0.5, 0.6) is 0 Å². The highest BCUT2D eigenvalue weighted by atomic mass is 32.1. The van der Waals surface area contributed by atoms with Gasteiger partial charge in [-0.3, -0.25) is 0 Å². The normalized spacial score (nSPS) is 23.8. The summed E-state index contributed by atoms with van der Waals surface area (Å²) >= 11 is 1.86. The van der Waals surface area contributed by atoms with Crippen LogP contribution >= 0.6 is 11.3 Å². The molecule has 2 unspecified atom stereocenters. The molecule has 1 aliphatic heterocycles. The highest BCUT2D eigenvalue weighted by molar-refractivity contribution is 7.11. The highest BCUT2D eigenvalue weighted by Gasteiger charge is 2.22. The minimum atomic E-state index is 0.238. The van der Waals surface area contributed by atoms with Gasteiger partial charge in [0.25, 0.3) is 0 Å². The number of hydrogen-bond donors (Lipinski definition) is 1. The predicted molar refractivity (Wildman–Crippen MR) is 73.6 cm³/mol. The predicted octanol–water partition coefficient (Wildman–Crippen LogP) is 2.23. The Morgan fingerprint density at radius 3 is 3.18 bits per heavy atom. The second-order valence-corrected chi connectivity index (χ2v) is 6.23. The fourth-order valence-electron chi connectivity index (χ4n) is 2.47. The van der Waals surface area contributed by atoms with E-state index in [1.165, 1.54) is 35.8 Å². The van der Waals surface area contributed by atoms with Gasteiger partial charge in [0.05, 0.1) is 5.01 Å². The average molecular weight is 253 g/mol. The molecule has 1 aromatic rings. The van der Waals surface area contributed by atoms with Crippen LogP contribution in [0, 0.1) is 0 Å². The molecular weight excluding hydrogens is 230 g/mol. The van der Waals surface area contributed by atoms with E-state index in [1.807, 2.05) is 17.5 Å². The van der Waals surface area contributed by atoms with Crippen molar-refractivity contribution in [2.75, 3.05) is 19.6 Å². The Bertz CT molecular complexity index is 348. The molecule has 17 heavy (non-hydrogen) atoms. The monoisotopic (exact) mass is 253 g/mol. The van der Waals surface area contributed by atoms with Crippen LogP contribution in [0.1, 0.15) is 42.5 Å². The molecule has 0 radical (unpaired) electrons. The van der Waals surface area contributed by atoms with Gasteiger partial charge in [-0.1, -0.05) is 6.92 Å². The van der Waals surface area contributed by atoms with E-state index in [1.54, 1.807) is 0 Å². The Morgan fingerprint density at radius 1 is 1.65 bits per heavy atom. The lowest BCUT2D eigenvalue weighted by Crippen LogP contribution is -2.33. The van der Waals surface area contributed by atoms with Crippen LogP contribution in [-0.2, 0) is 6.42 Å². The van der Waals surface area contributed by atoms with Crippen molar-refractivity contribution in [1.82, 2.24) is 9.88 Å². The van der Waals surface area contributed by atoms with Crippen LogP contribution in [-0.4, -0.2) is 35.6 Å². The van der Waals surface area contributed by atoms with E-state index in [0.717, 1.165) is 13.0 Å². The van der Waals surface area contributed by atoms with Crippen LogP contribution in [0.3, 0.4) is 0 Å². The number of aromatic nitrogens is 1. The van der Waals surface area contributed by atoms with Crippen molar-refractivity contribution in [3.8, 4) is 0 Å². The zero-order chi connectivity index (χ0) is 12.3. The summed E-state index contributed by atoms with van der Waals surface area (Å²) in [5, 5.41) is 1.32. The summed E-state index contributed by atoms with van der Waals surface area (Å²) in [6, 6.07) is 0.238. The molecule has 0 bridgehead atoms. The Kier molecular flexibility index (Phi) is 4.54. The summed E-state index contributed by atoms with van der Waals surface area (Å²) < 4.78 is 0. The molecule has 1 fully saturated rings. The first-order valence-electron chi connectivity index (χ1n) is 6.61. The van der Waals surface area contributed by atoms with Crippen molar-refractivity contribution in [2.24, 2.45) is 5.73 Å². The van der Waals surface area contributed by atoms with Crippen LogP contribution in [0.25, 0.3) is 0 Å². The maximum absolute atomic E-state index is 5.83. The summed E-state index contributed by atoms with van der Waals surface area (Å²) in [6.45, 7) is 7.89. The first-order valence-corrected chi connectivity index (χ1v) is 7.43. The number of thiazole rings is 1. The molecular formula is C13H23N3S. The molecule has 0 saturated carbocycles. The smallest absolute Gasteiger partial charge is 0.0971 e. The van der Waals surface area contributed by atoms with Crippen molar-refractivity contribution in [2.45, 2.75) is 45.1 Å². The average Bonchev–Trinajstić information content (AvgIpc) is 2.77. The van der Waals surface area contributed by atoms with E-state index in [4.69, 9.17) is 5.73 Å². The van der Waals surface area contributed by atoms with Crippen LogP contribution in [0.2, 0.25) is 0 Å². The first-order chi connectivity index (χ1) is 8.19. The molecule has 2 heterocycles. The van der Waals surface area contributed by atoms with Crippen LogP contribution in [0.15, 0.2) is 6.20 Å². The third-order valence-corrected chi connectivity index (χ3v) is 4.58. The quantitative estimate of drug-likeness (QED) is 0.895. The summed E-state index contributed by atoms with van der Waals surface area (Å²) in [7, 11) is 0. The fraction of sp³-hybridized carbons (Fsp3) is 0.769. The molecule has 0 aromatic carbocycles. The third kappa shape index (κ3) is 3.50. The van der Waals surface area contributed by atoms with Gasteiger partial charge in [0, 0.05) is 29.6 Å². The maximum atomic E-state index is 5.83. The number of rotatable bonds is 4. The van der Waals surface area contributed by atoms with Crippen molar-refractivity contribution >= 4 is 11.3 Å². The Labute approximate surface area is 108 Å². The summed E-state index contributed by atoms with van der Waals surface area (Å²) in [4.78, 5) is 8.46. The van der Waals surface area contributed by atoms with Crippen LogP contribution in [0.4, 0.5) is 0 Å². The molecule has 96 valence electrons. The van der Waals surface area contributed by atoms with Gasteiger partial charge in [-0.05, 0) is 39.3 Å². The van der Waals surface area contributed by atoms with E-state index < -0.39 is 0 Å². The van der Waals surface area contributed by atoms with Crippen molar-refractivity contribution in [3.05, 3.63) is 16.1 Å². The van der Waals surface area contributed by atoms with E-state index in [9.17, 15) is 0 Å². The molecule has 2 atom stereocenters. The van der Waals surface area contributed by atoms with Gasteiger partial charge >= 0.3 is 0 Å². The minimum Gasteiger partial charge on any atom is -0.328 e. The third-order valence-electron chi connectivity index (χ3n) is 3.40. The summed E-state index contributed by atoms with van der Waals surface area (Å²) in [5.41, 5.74) is 5.83. The Morgan fingerprint density at radius 2 is 2.47 bits per heavy atom. The van der Waals surface area contributed by atoms with Crippen LogP contribution < -0.4 is 5.73 Å². The van der Waals surface area contributed by atoms with Gasteiger partial charge in [0.15, 0.2) is 0 Å². The minimum absolute atomic E-state index is 0.238. The van der Waals surface area contributed by atoms with Crippen molar-refractivity contribution in [3.63, 3.8) is 0 Å². The molecule has 0 amide bonds. The number of piperidine rings is 1. The van der Waals surface area contributed by atoms with E-state index in [2.05, 4.69) is 23.7 Å². The SMILES string of the molecule is CCN1CCCC(c2ncc(CC(C)N)s2)C1. The fourth-order valence-corrected chi connectivity index (χ4v) is 3.65. The molecule has 1 aliphatic rings. The Balaban J connectivity index is 1.99. The maximum Gasteiger partial charge on any atom is 0.0971 e. The molecule has 2 rings (SSSR count). The second-order valence-electron chi connectivity index (χ2n) is 5.08. The number of likely N-dealkylation sites (tertiary alicyclic amines) is 1. The molecule has 2 N–H and O–H groups in total. The highest BCUT2D eigenvalue weighted by Crippen LogP contribution is 2.30. The lowest BCUT2D eigenvalue weighted by Gasteiger charge is -2.30. The van der Waals surface area contributed by atoms with Crippen molar-refractivity contribution < 1.29 is 0 Å². The zero-order valence-corrected chi connectivity index (χ0v) is 11.7. The Hall–Kier alpha value is -0.450. The second kappa shape index (κ2) is 5.94. The van der Waals surface area contributed by atoms with Gasteiger partial charge < -0.3 is 10.6 Å². The zero-order valence-electron chi connectivity index (χ0n) is 10.9. The topological polar surface area (TPSA) is 42.2 Å². The molecule has 4 heteroatoms.